The number of nitro benzene ring substituents is 1. The predicted molar refractivity (Wildman–Crippen MR) is 68.6 cm³/mol. The third-order valence-electron chi connectivity index (χ3n) is 2.55. The molecule has 2 rings (SSSR count). The van der Waals surface area contributed by atoms with E-state index >= 15 is 0 Å². The number of imidazole rings is 1. The summed E-state index contributed by atoms with van der Waals surface area (Å²) in [6.45, 7) is 3.21. The molecule has 0 saturated carbocycles. The number of nitrogens with zero attached hydrogens (tertiary/aromatic N) is 3. The van der Waals surface area contributed by atoms with Crippen molar-refractivity contribution in [2.24, 2.45) is 0 Å². The van der Waals surface area contributed by atoms with Gasteiger partial charge in [-0.3, -0.25) is 10.1 Å². The standard InChI is InChI=1S/C12H14N4O2/c1-2-14-11-7-10(3-4-12(11)16(17)18)8-15-6-5-13-9-15/h3-7,9,14H,2,8H2,1H3. The van der Waals surface area contributed by atoms with Gasteiger partial charge >= 0.3 is 0 Å². The minimum atomic E-state index is -0.376. The zero-order valence-electron chi connectivity index (χ0n) is 10.0. The molecule has 0 bridgehead atoms. The molecule has 6 heteroatoms. The molecule has 0 radical (unpaired) electrons. The Balaban J connectivity index is 2.27. The molecule has 0 aliphatic carbocycles. The van der Waals surface area contributed by atoms with Crippen LogP contribution < -0.4 is 5.32 Å². The van der Waals surface area contributed by atoms with Crippen LogP contribution in [0.4, 0.5) is 11.4 Å². The Bertz CT molecular complexity index is 537. The molecule has 2 aromatic rings. The SMILES string of the molecule is CCNc1cc(Cn2ccnc2)ccc1[N+](=O)[O-]. The van der Waals surface area contributed by atoms with Crippen LogP contribution >= 0.6 is 0 Å². The lowest BCUT2D eigenvalue weighted by atomic mass is 10.1. The fraction of sp³-hybridized carbons (Fsp3) is 0.250. The van der Waals surface area contributed by atoms with Crippen molar-refractivity contribution in [3.05, 3.63) is 52.6 Å². The maximum Gasteiger partial charge on any atom is 0.292 e. The lowest BCUT2D eigenvalue weighted by Gasteiger charge is -2.08. The summed E-state index contributed by atoms with van der Waals surface area (Å²) in [4.78, 5) is 14.5. The van der Waals surface area contributed by atoms with E-state index in [9.17, 15) is 10.1 Å². The molecule has 1 N–H and O–H groups in total. The van der Waals surface area contributed by atoms with E-state index in [2.05, 4.69) is 10.3 Å². The van der Waals surface area contributed by atoms with Crippen LogP contribution in [0.15, 0.2) is 36.9 Å². The maximum atomic E-state index is 10.9. The van der Waals surface area contributed by atoms with Gasteiger partial charge in [0.15, 0.2) is 0 Å². The number of hydrogen-bond acceptors (Lipinski definition) is 4. The van der Waals surface area contributed by atoms with Crippen molar-refractivity contribution >= 4 is 11.4 Å². The van der Waals surface area contributed by atoms with E-state index in [1.165, 1.54) is 6.07 Å². The van der Waals surface area contributed by atoms with Crippen molar-refractivity contribution in [2.75, 3.05) is 11.9 Å². The van der Waals surface area contributed by atoms with Crippen molar-refractivity contribution < 1.29 is 4.92 Å². The van der Waals surface area contributed by atoms with Crippen LogP contribution in [0, 0.1) is 10.1 Å². The first-order valence-corrected chi connectivity index (χ1v) is 5.67. The van der Waals surface area contributed by atoms with Crippen LogP contribution in [-0.2, 0) is 6.54 Å². The summed E-state index contributed by atoms with van der Waals surface area (Å²) in [5, 5.41) is 13.9. The van der Waals surface area contributed by atoms with Gasteiger partial charge in [0, 0.05) is 31.5 Å². The van der Waals surface area contributed by atoms with Crippen molar-refractivity contribution in [1.82, 2.24) is 9.55 Å². The highest BCUT2D eigenvalue weighted by molar-refractivity contribution is 5.62. The Kier molecular flexibility index (Phi) is 3.57. The highest BCUT2D eigenvalue weighted by Gasteiger charge is 2.13. The number of hydrogen-bond donors (Lipinski definition) is 1. The number of nitrogens with one attached hydrogen (secondary N) is 1. The van der Waals surface area contributed by atoms with Crippen LogP contribution in [0.5, 0.6) is 0 Å². The fourth-order valence-corrected chi connectivity index (χ4v) is 1.76. The molecule has 1 aromatic carbocycles. The Hall–Kier alpha value is -2.37. The molecule has 94 valence electrons. The molecule has 0 aliphatic heterocycles. The third-order valence-corrected chi connectivity index (χ3v) is 2.55. The van der Waals surface area contributed by atoms with Gasteiger partial charge in [-0.05, 0) is 18.6 Å². The molecule has 0 amide bonds. The quantitative estimate of drug-likeness (QED) is 0.648. The van der Waals surface area contributed by atoms with E-state index in [1.54, 1.807) is 18.6 Å². The van der Waals surface area contributed by atoms with Crippen molar-refractivity contribution in [3.63, 3.8) is 0 Å². The van der Waals surface area contributed by atoms with E-state index < -0.39 is 0 Å². The molecule has 1 heterocycles. The Morgan fingerprint density at radius 1 is 1.50 bits per heavy atom. The smallest absolute Gasteiger partial charge is 0.292 e. The molecular formula is C12H14N4O2. The summed E-state index contributed by atoms with van der Waals surface area (Å²) in [5.41, 5.74) is 1.65. The van der Waals surface area contributed by atoms with Crippen LogP contribution in [0.3, 0.4) is 0 Å². The average Bonchev–Trinajstić information content (AvgIpc) is 2.82. The molecule has 0 unspecified atom stereocenters. The van der Waals surface area contributed by atoms with E-state index in [0.717, 1.165) is 5.56 Å². The topological polar surface area (TPSA) is 73.0 Å². The number of benzene rings is 1. The summed E-state index contributed by atoms with van der Waals surface area (Å²) in [5.74, 6) is 0. The number of nitro groups is 1. The lowest BCUT2D eigenvalue weighted by Crippen LogP contribution is -2.03. The second-order valence-electron chi connectivity index (χ2n) is 3.87. The zero-order valence-corrected chi connectivity index (χ0v) is 10.0. The molecule has 0 aliphatic rings. The monoisotopic (exact) mass is 246 g/mol. The maximum absolute atomic E-state index is 10.9. The zero-order chi connectivity index (χ0) is 13.0. The Morgan fingerprint density at radius 3 is 2.94 bits per heavy atom. The fourth-order valence-electron chi connectivity index (χ4n) is 1.76. The van der Waals surface area contributed by atoms with E-state index in [-0.39, 0.29) is 10.6 Å². The van der Waals surface area contributed by atoms with Crippen LogP contribution in [-0.4, -0.2) is 21.0 Å². The van der Waals surface area contributed by atoms with Crippen LogP contribution in [0.1, 0.15) is 12.5 Å². The first-order valence-electron chi connectivity index (χ1n) is 5.67. The predicted octanol–water partition coefficient (Wildman–Crippen LogP) is 2.27. The van der Waals surface area contributed by atoms with E-state index in [1.807, 2.05) is 23.8 Å². The van der Waals surface area contributed by atoms with Gasteiger partial charge < -0.3 is 9.88 Å². The van der Waals surface area contributed by atoms with E-state index in [0.29, 0.717) is 18.8 Å². The Labute approximate surface area is 104 Å². The third kappa shape index (κ3) is 2.65. The molecule has 0 atom stereocenters. The summed E-state index contributed by atoms with van der Waals surface area (Å²) in [7, 11) is 0. The summed E-state index contributed by atoms with van der Waals surface area (Å²) >= 11 is 0. The number of aromatic nitrogens is 2. The first-order chi connectivity index (χ1) is 8.70. The summed E-state index contributed by atoms with van der Waals surface area (Å²) < 4.78 is 1.91. The lowest BCUT2D eigenvalue weighted by molar-refractivity contribution is -0.384. The molecule has 18 heavy (non-hydrogen) atoms. The second-order valence-corrected chi connectivity index (χ2v) is 3.87. The minimum Gasteiger partial charge on any atom is -0.380 e. The van der Waals surface area contributed by atoms with Crippen molar-refractivity contribution in [1.29, 1.82) is 0 Å². The molecule has 6 nitrogen and oxygen atoms in total. The second kappa shape index (κ2) is 5.31. The largest absolute Gasteiger partial charge is 0.380 e. The van der Waals surface area contributed by atoms with Gasteiger partial charge in [0.05, 0.1) is 11.3 Å². The highest BCUT2D eigenvalue weighted by Crippen LogP contribution is 2.25. The normalized spacial score (nSPS) is 10.3. The van der Waals surface area contributed by atoms with Gasteiger partial charge in [0.1, 0.15) is 5.69 Å². The highest BCUT2D eigenvalue weighted by atomic mass is 16.6. The van der Waals surface area contributed by atoms with Crippen molar-refractivity contribution in [2.45, 2.75) is 13.5 Å². The summed E-state index contributed by atoms with van der Waals surface area (Å²) in [6, 6.07) is 5.10. The van der Waals surface area contributed by atoms with Gasteiger partial charge in [-0.25, -0.2) is 4.98 Å². The average molecular weight is 246 g/mol. The van der Waals surface area contributed by atoms with E-state index in [4.69, 9.17) is 0 Å². The first kappa shape index (κ1) is 12.1. The molecule has 1 aromatic heterocycles. The van der Waals surface area contributed by atoms with Gasteiger partial charge in [0.2, 0.25) is 0 Å². The summed E-state index contributed by atoms with van der Waals surface area (Å²) in [6.07, 6.45) is 5.28. The number of rotatable bonds is 5. The van der Waals surface area contributed by atoms with Gasteiger partial charge in [0.25, 0.3) is 5.69 Å². The van der Waals surface area contributed by atoms with Gasteiger partial charge in [-0.15, -0.1) is 0 Å². The molecular weight excluding hydrogens is 232 g/mol. The van der Waals surface area contributed by atoms with Gasteiger partial charge in [-0.1, -0.05) is 6.07 Å². The van der Waals surface area contributed by atoms with Crippen molar-refractivity contribution in [3.8, 4) is 0 Å². The molecule has 0 fully saturated rings. The minimum absolute atomic E-state index is 0.103. The molecule has 0 saturated heterocycles. The van der Waals surface area contributed by atoms with Crippen LogP contribution in [0.2, 0.25) is 0 Å². The Morgan fingerprint density at radius 2 is 2.33 bits per heavy atom. The van der Waals surface area contributed by atoms with Crippen LogP contribution in [0.25, 0.3) is 0 Å². The number of anilines is 1. The van der Waals surface area contributed by atoms with Gasteiger partial charge in [-0.2, -0.15) is 0 Å². The molecule has 0 spiro atoms.